The van der Waals surface area contributed by atoms with Gasteiger partial charge < -0.3 is 19.3 Å². The molecule has 3 fully saturated rings. The zero-order chi connectivity index (χ0) is 12.6. The molecule has 18 heavy (non-hydrogen) atoms. The van der Waals surface area contributed by atoms with Gasteiger partial charge in [0.15, 0.2) is 5.79 Å². The van der Waals surface area contributed by atoms with E-state index < -0.39 is 5.79 Å². The van der Waals surface area contributed by atoms with Gasteiger partial charge in [-0.2, -0.15) is 0 Å². The van der Waals surface area contributed by atoms with Crippen LogP contribution in [0.15, 0.2) is 0 Å². The molecule has 2 amide bonds. The van der Waals surface area contributed by atoms with Crippen molar-refractivity contribution in [3.05, 3.63) is 0 Å². The molecule has 3 aliphatic rings. The van der Waals surface area contributed by atoms with Crippen LogP contribution in [0.2, 0.25) is 0 Å². The second-order valence-corrected chi connectivity index (χ2v) is 5.76. The summed E-state index contributed by atoms with van der Waals surface area (Å²) in [6, 6.07) is 0.164. The van der Waals surface area contributed by atoms with Crippen LogP contribution in [-0.4, -0.2) is 61.0 Å². The number of amides is 2. The molecule has 0 N–H and O–H groups in total. The average molecular weight is 254 g/mol. The Labute approximate surface area is 108 Å². The minimum absolute atomic E-state index is 0.164. The summed E-state index contributed by atoms with van der Waals surface area (Å²) >= 11 is 0. The molecule has 0 aromatic rings. The molecule has 0 aromatic heterocycles. The lowest BCUT2D eigenvalue weighted by atomic mass is 10.0. The van der Waals surface area contributed by atoms with E-state index in [2.05, 4.69) is 6.92 Å². The summed E-state index contributed by atoms with van der Waals surface area (Å²) in [5, 5.41) is 0. The predicted octanol–water partition coefficient (Wildman–Crippen LogP) is 1.29. The van der Waals surface area contributed by atoms with Crippen molar-refractivity contribution in [2.45, 2.75) is 32.0 Å². The van der Waals surface area contributed by atoms with Crippen LogP contribution in [0, 0.1) is 5.92 Å². The van der Waals surface area contributed by atoms with Crippen LogP contribution >= 0.6 is 0 Å². The molecule has 1 unspecified atom stereocenters. The first kappa shape index (κ1) is 12.2. The molecular formula is C13H22N2O3. The Morgan fingerprint density at radius 2 is 2.00 bits per heavy atom. The Balaban J connectivity index is 1.60. The van der Waals surface area contributed by atoms with Gasteiger partial charge in [-0.15, -0.1) is 0 Å². The van der Waals surface area contributed by atoms with Crippen LogP contribution in [0.3, 0.4) is 0 Å². The molecule has 0 radical (unpaired) electrons. The third kappa shape index (κ3) is 2.21. The van der Waals surface area contributed by atoms with Crippen LogP contribution in [0.5, 0.6) is 0 Å². The van der Waals surface area contributed by atoms with Gasteiger partial charge in [0.05, 0.1) is 19.8 Å². The van der Waals surface area contributed by atoms with Crippen molar-refractivity contribution in [3.63, 3.8) is 0 Å². The van der Waals surface area contributed by atoms with Crippen LogP contribution in [-0.2, 0) is 9.47 Å². The summed E-state index contributed by atoms with van der Waals surface area (Å²) in [6.07, 6.45) is 3.17. The Hall–Kier alpha value is -0.810. The smallest absolute Gasteiger partial charge is 0.320 e. The summed E-state index contributed by atoms with van der Waals surface area (Å²) in [4.78, 5) is 16.3. The minimum Gasteiger partial charge on any atom is -0.346 e. The number of urea groups is 1. The number of carbonyl (C=O) groups is 1. The molecule has 3 heterocycles. The van der Waals surface area contributed by atoms with E-state index in [1.54, 1.807) is 0 Å². The van der Waals surface area contributed by atoms with E-state index in [1.165, 1.54) is 6.42 Å². The Kier molecular flexibility index (Phi) is 3.20. The molecule has 0 saturated carbocycles. The van der Waals surface area contributed by atoms with Crippen molar-refractivity contribution in [1.82, 2.24) is 9.80 Å². The van der Waals surface area contributed by atoms with E-state index in [0.717, 1.165) is 32.5 Å². The molecule has 3 aliphatic heterocycles. The highest BCUT2D eigenvalue weighted by atomic mass is 16.7. The van der Waals surface area contributed by atoms with Gasteiger partial charge in [-0.25, -0.2) is 4.79 Å². The summed E-state index contributed by atoms with van der Waals surface area (Å²) < 4.78 is 11.3. The topological polar surface area (TPSA) is 42.0 Å². The largest absolute Gasteiger partial charge is 0.346 e. The van der Waals surface area contributed by atoms with Gasteiger partial charge in [0.2, 0.25) is 0 Å². The fourth-order valence-electron chi connectivity index (χ4n) is 3.21. The molecule has 102 valence electrons. The molecular weight excluding hydrogens is 232 g/mol. The van der Waals surface area contributed by atoms with Crippen molar-refractivity contribution in [3.8, 4) is 0 Å². The van der Waals surface area contributed by atoms with Crippen LogP contribution in [0.1, 0.15) is 26.2 Å². The normalized spacial score (nSPS) is 31.3. The number of carbonyl (C=O) groups excluding carboxylic acids is 1. The first-order chi connectivity index (χ1) is 8.69. The Morgan fingerprint density at radius 1 is 1.22 bits per heavy atom. The van der Waals surface area contributed by atoms with E-state index in [4.69, 9.17) is 9.47 Å². The number of likely N-dealkylation sites (tertiary alicyclic amines) is 2. The van der Waals surface area contributed by atoms with Gasteiger partial charge in [-0.1, -0.05) is 6.92 Å². The van der Waals surface area contributed by atoms with Crippen molar-refractivity contribution in [1.29, 1.82) is 0 Å². The fourth-order valence-corrected chi connectivity index (χ4v) is 3.21. The molecule has 5 nitrogen and oxygen atoms in total. The van der Waals surface area contributed by atoms with Crippen molar-refractivity contribution >= 4 is 6.03 Å². The quantitative estimate of drug-likeness (QED) is 0.654. The van der Waals surface area contributed by atoms with Crippen molar-refractivity contribution in [2.75, 3.05) is 39.4 Å². The third-order valence-corrected chi connectivity index (χ3v) is 4.21. The summed E-state index contributed by atoms with van der Waals surface area (Å²) in [5.41, 5.74) is 0. The van der Waals surface area contributed by atoms with E-state index in [0.29, 0.717) is 25.7 Å². The highest BCUT2D eigenvalue weighted by Crippen LogP contribution is 2.31. The molecule has 0 aliphatic carbocycles. The van der Waals surface area contributed by atoms with Crippen LogP contribution < -0.4 is 0 Å². The summed E-state index contributed by atoms with van der Waals surface area (Å²) in [7, 11) is 0. The lowest BCUT2D eigenvalue weighted by molar-refractivity contribution is -0.143. The van der Waals surface area contributed by atoms with Crippen LogP contribution in [0.25, 0.3) is 0 Å². The van der Waals surface area contributed by atoms with E-state index in [1.807, 2.05) is 9.80 Å². The molecule has 1 spiro atoms. The maximum Gasteiger partial charge on any atom is 0.320 e. The minimum atomic E-state index is -0.489. The Bertz CT molecular complexity index is 328. The van der Waals surface area contributed by atoms with Crippen molar-refractivity contribution in [2.24, 2.45) is 5.92 Å². The zero-order valence-corrected chi connectivity index (χ0v) is 11.1. The molecule has 0 aromatic carbocycles. The third-order valence-electron chi connectivity index (χ3n) is 4.21. The zero-order valence-electron chi connectivity index (χ0n) is 11.1. The number of hydrogen-bond donors (Lipinski definition) is 0. The highest BCUT2D eigenvalue weighted by molar-refractivity contribution is 5.75. The van der Waals surface area contributed by atoms with Gasteiger partial charge in [0, 0.05) is 26.1 Å². The second kappa shape index (κ2) is 4.70. The van der Waals surface area contributed by atoms with Gasteiger partial charge >= 0.3 is 6.03 Å². The van der Waals surface area contributed by atoms with E-state index >= 15 is 0 Å². The number of rotatable bonds is 0. The Morgan fingerprint density at radius 3 is 2.72 bits per heavy atom. The van der Waals surface area contributed by atoms with Gasteiger partial charge in [0.25, 0.3) is 0 Å². The number of piperidine rings is 1. The SMILES string of the molecule is CC1CCCN(C(=O)N2CCC3(C2)OCCO3)C1. The van der Waals surface area contributed by atoms with Gasteiger partial charge in [-0.3, -0.25) is 0 Å². The standard InChI is InChI=1S/C13H22N2O3/c1-11-3-2-5-14(9-11)12(16)15-6-4-13(10-15)17-7-8-18-13/h11H,2-10H2,1H3. The predicted molar refractivity (Wildman–Crippen MR) is 66.2 cm³/mol. The molecule has 3 rings (SSSR count). The van der Waals surface area contributed by atoms with E-state index in [9.17, 15) is 4.79 Å². The maximum atomic E-state index is 12.4. The first-order valence-corrected chi connectivity index (χ1v) is 7.00. The molecule has 5 heteroatoms. The van der Waals surface area contributed by atoms with Gasteiger partial charge in [-0.05, 0) is 18.8 Å². The molecule has 1 atom stereocenters. The summed E-state index contributed by atoms with van der Waals surface area (Å²) in [5.74, 6) is 0.134. The highest BCUT2D eigenvalue weighted by Gasteiger charge is 2.45. The number of ether oxygens (including phenoxy) is 2. The second-order valence-electron chi connectivity index (χ2n) is 5.76. The monoisotopic (exact) mass is 254 g/mol. The average Bonchev–Trinajstić information content (AvgIpc) is 3.00. The number of hydrogen-bond acceptors (Lipinski definition) is 3. The van der Waals surface area contributed by atoms with Gasteiger partial charge in [0.1, 0.15) is 0 Å². The molecule has 0 bridgehead atoms. The first-order valence-electron chi connectivity index (χ1n) is 7.00. The maximum absolute atomic E-state index is 12.4. The molecule has 3 saturated heterocycles. The van der Waals surface area contributed by atoms with Crippen LogP contribution in [0.4, 0.5) is 4.79 Å². The lowest BCUT2D eigenvalue weighted by Crippen LogP contribution is -2.47. The lowest BCUT2D eigenvalue weighted by Gasteiger charge is -2.34. The van der Waals surface area contributed by atoms with Crippen molar-refractivity contribution < 1.29 is 14.3 Å². The fraction of sp³-hybridized carbons (Fsp3) is 0.923. The number of nitrogens with zero attached hydrogens (tertiary/aromatic N) is 2. The summed E-state index contributed by atoms with van der Waals surface area (Å²) in [6.45, 7) is 6.67. The van der Waals surface area contributed by atoms with E-state index in [-0.39, 0.29) is 6.03 Å².